The summed E-state index contributed by atoms with van der Waals surface area (Å²) in [6.45, 7) is 0. The van der Waals surface area contributed by atoms with Crippen molar-refractivity contribution in [2.24, 2.45) is 0 Å². The van der Waals surface area contributed by atoms with Gasteiger partial charge in [-0.25, -0.2) is 0 Å². The Labute approximate surface area is 93.9 Å². The summed E-state index contributed by atoms with van der Waals surface area (Å²) < 4.78 is 0. The highest BCUT2D eigenvalue weighted by molar-refractivity contribution is 6.30. The fraction of sp³-hybridized carbons (Fsp3) is 0.417. The third-order valence-electron chi connectivity index (χ3n) is 3.24. The summed E-state index contributed by atoms with van der Waals surface area (Å²) in [7, 11) is 0. The van der Waals surface area contributed by atoms with Gasteiger partial charge in [0.2, 0.25) is 0 Å². The van der Waals surface area contributed by atoms with E-state index in [2.05, 4.69) is 0 Å². The summed E-state index contributed by atoms with van der Waals surface area (Å²) in [4.78, 5) is 11.3. The molecule has 80 valence electrons. The molecule has 0 unspecified atom stereocenters. The van der Waals surface area contributed by atoms with Crippen LogP contribution >= 0.6 is 11.6 Å². The van der Waals surface area contributed by atoms with Crippen LogP contribution in [-0.4, -0.2) is 5.97 Å². The van der Waals surface area contributed by atoms with Gasteiger partial charge < -0.3 is 9.90 Å². The zero-order valence-electron chi connectivity index (χ0n) is 8.33. The van der Waals surface area contributed by atoms with Crippen LogP contribution in [0.4, 0.5) is 0 Å². The van der Waals surface area contributed by atoms with Gasteiger partial charge in [-0.15, -0.1) is 0 Å². The largest absolute Gasteiger partial charge is 0.549 e. The maximum absolute atomic E-state index is 11.3. The van der Waals surface area contributed by atoms with Gasteiger partial charge >= 0.3 is 0 Å². The molecule has 0 radical (unpaired) electrons. The van der Waals surface area contributed by atoms with Crippen molar-refractivity contribution in [2.45, 2.75) is 31.1 Å². The van der Waals surface area contributed by atoms with Crippen LogP contribution in [0.5, 0.6) is 0 Å². The van der Waals surface area contributed by atoms with Gasteiger partial charge in [0.25, 0.3) is 0 Å². The summed E-state index contributed by atoms with van der Waals surface area (Å²) in [5.41, 5.74) is 0.0503. The van der Waals surface area contributed by atoms with E-state index in [-0.39, 0.29) is 0 Å². The molecule has 1 fully saturated rings. The van der Waals surface area contributed by atoms with E-state index in [0.29, 0.717) is 17.9 Å². The summed E-state index contributed by atoms with van der Waals surface area (Å²) in [6, 6.07) is 7.06. The van der Waals surface area contributed by atoms with Crippen molar-refractivity contribution in [1.29, 1.82) is 0 Å². The van der Waals surface area contributed by atoms with E-state index in [9.17, 15) is 9.90 Å². The second-order valence-corrected chi connectivity index (χ2v) is 4.52. The van der Waals surface area contributed by atoms with E-state index < -0.39 is 11.4 Å². The maximum atomic E-state index is 11.3. The molecule has 0 amide bonds. The van der Waals surface area contributed by atoms with Crippen LogP contribution in [0.3, 0.4) is 0 Å². The predicted molar refractivity (Wildman–Crippen MR) is 56.6 cm³/mol. The van der Waals surface area contributed by atoms with E-state index in [1.165, 1.54) is 0 Å². The van der Waals surface area contributed by atoms with Crippen LogP contribution in [0, 0.1) is 0 Å². The number of carboxylic acids is 1. The van der Waals surface area contributed by atoms with E-state index >= 15 is 0 Å². The zero-order valence-corrected chi connectivity index (χ0v) is 9.09. The number of halogens is 1. The second kappa shape index (κ2) is 3.86. The lowest BCUT2D eigenvalue weighted by Gasteiger charge is -2.30. The van der Waals surface area contributed by atoms with Crippen LogP contribution in [-0.2, 0) is 10.2 Å². The van der Waals surface area contributed by atoms with Gasteiger partial charge in [-0.05, 0) is 30.5 Å². The molecule has 0 bridgehead atoms. The first-order chi connectivity index (χ1) is 7.15. The van der Waals surface area contributed by atoms with Gasteiger partial charge in [0.1, 0.15) is 0 Å². The highest BCUT2D eigenvalue weighted by Gasteiger charge is 2.36. The number of carboxylic acid groups (broad SMARTS) is 1. The SMILES string of the molecule is O=C([O-])C1(c2ccc(Cl)cc2)CCCC1. The maximum Gasteiger partial charge on any atom is 0.0520 e. The van der Waals surface area contributed by atoms with E-state index in [1.54, 1.807) is 24.3 Å². The van der Waals surface area contributed by atoms with Crippen LogP contribution in [0.25, 0.3) is 0 Å². The molecular formula is C12H12ClO2-. The third-order valence-corrected chi connectivity index (χ3v) is 3.50. The van der Waals surface area contributed by atoms with E-state index in [4.69, 9.17) is 11.6 Å². The number of carbonyl (C=O) groups is 1. The molecule has 0 spiro atoms. The molecule has 3 heteroatoms. The number of aliphatic carboxylic acids is 1. The molecule has 2 nitrogen and oxygen atoms in total. The Morgan fingerprint density at radius 1 is 1.20 bits per heavy atom. The van der Waals surface area contributed by atoms with Crippen molar-refractivity contribution < 1.29 is 9.90 Å². The minimum atomic E-state index is -0.956. The van der Waals surface area contributed by atoms with Gasteiger partial charge in [-0.3, -0.25) is 0 Å². The number of hydrogen-bond acceptors (Lipinski definition) is 2. The molecule has 0 atom stereocenters. The Morgan fingerprint density at radius 2 is 1.73 bits per heavy atom. The monoisotopic (exact) mass is 223 g/mol. The minimum absolute atomic E-state index is 0.630. The highest BCUT2D eigenvalue weighted by Crippen LogP contribution is 2.40. The molecule has 0 aromatic heterocycles. The smallest absolute Gasteiger partial charge is 0.0520 e. The molecule has 1 aromatic rings. The Bertz CT molecular complexity index is 364. The van der Waals surface area contributed by atoms with Crippen molar-refractivity contribution in [3.8, 4) is 0 Å². The van der Waals surface area contributed by atoms with Crippen molar-refractivity contribution in [3.05, 3.63) is 34.9 Å². The Morgan fingerprint density at radius 3 is 2.20 bits per heavy atom. The predicted octanol–water partition coefficient (Wildman–Crippen LogP) is 1.90. The molecule has 1 aromatic carbocycles. The lowest BCUT2D eigenvalue weighted by Crippen LogP contribution is -2.43. The van der Waals surface area contributed by atoms with Crippen molar-refractivity contribution >= 4 is 17.6 Å². The molecule has 2 rings (SSSR count). The second-order valence-electron chi connectivity index (χ2n) is 4.08. The molecule has 15 heavy (non-hydrogen) atoms. The molecule has 1 aliphatic carbocycles. The standard InChI is InChI=1S/C12H13ClO2/c13-10-5-3-9(4-6-10)12(11(14)15)7-1-2-8-12/h3-6H,1-2,7-8H2,(H,14,15)/p-1. The van der Waals surface area contributed by atoms with Gasteiger partial charge in [0.05, 0.1) is 5.97 Å². The molecule has 0 N–H and O–H groups in total. The first-order valence-corrected chi connectivity index (χ1v) is 5.50. The number of rotatable bonds is 2. The van der Waals surface area contributed by atoms with Gasteiger partial charge in [-0.2, -0.15) is 0 Å². The van der Waals surface area contributed by atoms with Crippen molar-refractivity contribution in [3.63, 3.8) is 0 Å². The zero-order chi connectivity index (χ0) is 10.9. The number of hydrogen-bond donors (Lipinski definition) is 0. The topological polar surface area (TPSA) is 40.1 Å². The highest BCUT2D eigenvalue weighted by atomic mass is 35.5. The molecule has 1 saturated carbocycles. The average Bonchev–Trinajstić information content (AvgIpc) is 2.69. The third kappa shape index (κ3) is 1.74. The lowest BCUT2D eigenvalue weighted by molar-refractivity contribution is -0.313. The van der Waals surface area contributed by atoms with Crippen LogP contribution in [0.15, 0.2) is 24.3 Å². The van der Waals surface area contributed by atoms with Crippen LogP contribution < -0.4 is 5.11 Å². The van der Waals surface area contributed by atoms with Gasteiger partial charge in [-0.1, -0.05) is 36.6 Å². The quantitative estimate of drug-likeness (QED) is 0.769. The summed E-state index contributed by atoms with van der Waals surface area (Å²) in [5, 5.41) is 11.9. The Balaban J connectivity index is 2.41. The normalized spacial score (nSPS) is 19.0. The first-order valence-electron chi connectivity index (χ1n) is 5.13. The summed E-state index contributed by atoms with van der Waals surface area (Å²) >= 11 is 5.78. The van der Waals surface area contributed by atoms with E-state index in [1.807, 2.05) is 0 Å². The Kier molecular flexibility index (Phi) is 2.70. The average molecular weight is 224 g/mol. The van der Waals surface area contributed by atoms with Crippen molar-refractivity contribution in [2.75, 3.05) is 0 Å². The summed E-state index contributed by atoms with van der Waals surface area (Å²) in [5.74, 6) is -0.956. The minimum Gasteiger partial charge on any atom is -0.549 e. The van der Waals surface area contributed by atoms with Gasteiger partial charge in [0.15, 0.2) is 0 Å². The van der Waals surface area contributed by atoms with Crippen LogP contribution in [0.2, 0.25) is 5.02 Å². The first kappa shape index (κ1) is 10.5. The summed E-state index contributed by atoms with van der Waals surface area (Å²) in [6.07, 6.45) is 3.27. The molecular weight excluding hydrogens is 212 g/mol. The lowest BCUT2D eigenvalue weighted by atomic mass is 9.79. The molecule has 0 aliphatic heterocycles. The fourth-order valence-electron chi connectivity index (χ4n) is 2.36. The Hall–Kier alpha value is -1.02. The van der Waals surface area contributed by atoms with Gasteiger partial charge in [0, 0.05) is 10.4 Å². The number of carbonyl (C=O) groups excluding carboxylic acids is 1. The fourth-order valence-corrected chi connectivity index (χ4v) is 2.48. The molecule has 1 aliphatic rings. The van der Waals surface area contributed by atoms with Crippen LogP contribution in [0.1, 0.15) is 31.2 Å². The number of benzene rings is 1. The molecule has 0 saturated heterocycles. The van der Waals surface area contributed by atoms with Crippen molar-refractivity contribution in [1.82, 2.24) is 0 Å². The van der Waals surface area contributed by atoms with E-state index in [0.717, 1.165) is 18.4 Å². The molecule has 0 heterocycles.